The van der Waals surface area contributed by atoms with Crippen LogP contribution in [0.3, 0.4) is 0 Å². The second-order valence-electron chi connectivity index (χ2n) is 6.94. The zero-order valence-electron chi connectivity index (χ0n) is 14.5. The molecule has 25 heavy (non-hydrogen) atoms. The Kier molecular flexibility index (Phi) is 3.49. The maximum absolute atomic E-state index is 12.9. The lowest BCUT2D eigenvalue weighted by atomic mass is 10.1. The van der Waals surface area contributed by atoms with Crippen LogP contribution in [0, 0.1) is 13.8 Å². The molecule has 6 nitrogen and oxygen atoms in total. The van der Waals surface area contributed by atoms with Crippen LogP contribution in [0.4, 0.5) is 11.5 Å². The fourth-order valence-corrected chi connectivity index (χ4v) is 2.84. The summed E-state index contributed by atoms with van der Waals surface area (Å²) in [5.74, 6) is 0.957. The van der Waals surface area contributed by atoms with Gasteiger partial charge in [0, 0.05) is 11.2 Å². The summed E-state index contributed by atoms with van der Waals surface area (Å²) in [4.78, 5) is 21.4. The quantitative estimate of drug-likeness (QED) is 0.751. The van der Waals surface area contributed by atoms with E-state index in [9.17, 15) is 4.79 Å². The van der Waals surface area contributed by atoms with Gasteiger partial charge in [-0.25, -0.2) is 9.97 Å². The van der Waals surface area contributed by atoms with Gasteiger partial charge < -0.3 is 15.1 Å². The standard InChI is InChI=1S/C19H20N4O2/c1-11-4-6-13(7-5-11)22-17(24)14-12(2)25-18-15(14)16(20-10-21-18)23-19(3)8-9-19/h4-7,10H,8-9H2,1-3H3,(H,22,24)(H,20,21,23). The van der Waals surface area contributed by atoms with Crippen LogP contribution in [-0.2, 0) is 0 Å². The van der Waals surface area contributed by atoms with E-state index in [0.717, 1.165) is 24.1 Å². The predicted octanol–water partition coefficient (Wildman–Crippen LogP) is 4.06. The number of carbonyl (C=O) groups is 1. The highest BCUT2D eigenvalue weighted by Gasteiger charge is 2.38. The molecule has 1 aliphatic rings. The van der Waals surface area contributed by atoms with Crippen molar-refractivity contribution in [3.05, 3.63) is 47.5 Å². The second kappa shape index (κ2) is 5.58. The molecule has 0 radical (unpaired) electrons. The number of aryl methyl sites for hydroxylation is 2. The Bertz CT molecular complexity index is 955. The van der Waals surface area contributed by atoms with Crippen molar-refractivity contribution in [2.45, 2.75) is 39.2 Å². The number of benzene rings is 1. The first-order valence-electron chi connectivity index (χ1n) is 8.35. The van der Waals surface area contributed by atoms with Gasteiger partial charge in [0.1, 0.15) is 17.9 Å². The summed E-state index contributed by atoms with van der Waals surface area (Å²) in [7, 11) is 0. The fourth-order valence-electron chi connectivity index (χ4n) is 2.84. The number of fused-ring (bicyclic) bond motifs is 1. The van der Waals surface area contributed by atoms with E-state index in [1.165, 1.54) is 6.33 Å². The van der Waals surface area contributed by atoms with Crippen LogP contribution in [-0.4, -0.2) is 21.4 Å². The molecule has 3 aromatic rings. The number of nitrogens with zero attached hydrogens (tertiary/aromatic N) is 2. The molecule has 6 heteroatoms. The van der Waals surface area contributed by atoms with Crippen molar-refractivity contribution >= 4 is 28.5 Å². The molecule has 0 atom stereocenters. The highest BCUT2D eigenvalue weighted by atomic mass is 16.3. The van der Waals surface area contributed by atoms with Gasteiger partial charge in [-0.1, -0.05) is 17.7 Å². The molecule has 2 aromatic heterocycles. The van der Waals surface area contributed by atoms with Crippen molar-refractivity contribution < 1.29 is 9.21 Å². The van der Waals surface area contributed by atoms with E-state index in [0.29, 0.717) is 28.2 Å². The molecule has 1 aromatic carbocycles. The van der Waals surface area contributed by atoms with Crippen molar-refractivity contribution in [1.29, 1.82) is 0 Å². The lowest BCUT2D eigenvalue weighted by Crippen LogP contribution is -2.18. The average molecular weight is 336 g/mol. The van der Waals surface area contributed by atoms with Gasteiger partial charge in [0.2, 0.25) is 5.71 Å². The number of anilines is 2. The van der Waals surface area contributed by atoms with E-state index >= 15 is 0 Å². The first kappa shape index (κ1) is 15.6. The molecule has 2 N–H and O–H groups in total. The smallest absolute Gasteiger partial charge is 0.260 e. The van der Waals surface area contributed by atoms with Gasteiger partial charge >= 0.3 is 0 Å². The molecule has 1 fully saturated rings. The Morgan fingerprint density at radius 1 is 1.16 bits per heavy atom. The highest BCUT2D eigenvalue weighted by Crippen LogP contribution is 2.40. The Morgan fingerprint density at radius 2 is 1.88 bits per heavy atom. The molecule has 1 saturated carbocycles. The third-order valence-electron chi connectivity index (χ3n) is 4.62. The van der Waals surface area contributed by atoms with Crippen molar-refractivity contribution in [2.75, 3.05) is 10.6 Å². The topological polar surface area (TPSA) is 80.1 Å². The van der Waals surface area contributed by atoms with E-state index in [1.807, 2.05) is 31.2 Å². The summed E-state index contributed by atoms with van der Waals surface area (Å²) in [5.41, 5.74) is 2.82. The van der Waals surface area contributed by atoms with Crippen LogP contribution in [0.25, 0.3) is 11.1 Å². The molecule has 0 unspecified atom stereocenters. The van der Waals surface area contributed by atoms with Gasteiger partial charge in [-0.15, -0.1) is 0 Å². The molecule has 1 aliphatic carbocycles. The Morgan fingerprint density at radius 3 is 2.56 bits per heavy atom. The van der Waals surface area contributed by atoms with Crippen LogP contribution in [0.15, 0.2) is 35.0 Å². The van der Waals surface area contributed by atoms with Crippen molar-refractivity contribution in [3.8, 4) is 0 Å². The number of aromatic nitrogens is 2. The molecular formula is C19H20N4O2. The van der Waals surface area contributed by atoms with Gasteiger partial charge in [0.05, 0.1) is 10.9 Å². The first-order valence-corrected chi connectivity index (χ1v) is 8.35. The number of hydrogen-bond acceptors (Lipinski definition) is 5. The van der Waals surface area contributed by atoms with Gasteiger partial charge in [-0.2, -0.15) is 0 Å². The molecule has 0 bridgehead atoms. The van der Waals surface area contributed by atoms with E-state index in [4.69, 9.17) is 4.42 Å². The average Bonchev–Trinajstić information content (AvgIpc) is 3.18. The minimum atomic E-state index is -0.223. The van der Waals surface area contributed by atoms with Crippen LogP contribution in [0.5, 0.6) is 0 Å². The third-order valence-corrected chi connectivity index (χ3v) is 4.62. The van der Waals surface area contributed by atoms with Gasteiger partial charge in [0.15, 0.2) is 0 Å². The number of carbonyl (C=O) groups excluding carboxylic acids is 1. The molecule has 0 saturated heterocycles. The van der Waals surface area contributed by atoms with Gasteiger partial charge in [0.25, 0.3) is 5.91 Å². The molecule has 0 spiro atoms. The molecule has 2 heterocycles. The summed E-state index contributed by atoms with van der Waals surface area (Å²) >= 11 is 0. The van der Waals surface area contributed by atoms with Crippen LogP contribution >= 0.6 is 0 Å². The van der Waals surface area contributed by atoms with E-state index in [-0.39, 0.29) is 11.4 Å². The normalized spacial score (nSPS) is 15.2. The summed E-state index contributed by atoms with van der Waals surface area (Å²) < 4.78 is 5.70. The Hall–Kier alpha value is -2.89. The number of furan rings is 1. The number of hydrogen-bond donors (Lipinski definition) is 2. The van der Waals surface area contributed by atoms with Crippen LogP contribution in [0.1, 0.15) is 41.4 Å². The van der Waals surface area contributed by atoms with E-state index in [1.54, 1.807) is 6.92 Å². The lowest BCUT2D eigenvalue weighted by Gasteiger charge is -2.13. The Balaban J connectivity index is 1.73. The maximum atomic E-state index is 12.9. The van der Waals surface area contributed by atoms with Crippen LogP contribution < -0.4 is 10.6 Å². The number of nitrogens with one attached hydrogen (secondary N) is 2. The number of rotatable bonds is 4. The summed E-state index contributed by atoms with van der Waals surface area (Å²) in [5, 5.41) is 6.99. The van der Waals surface area contributed by atoms with Crippen molar-refractivity contribution in [2.24, 2.45) is 0 Å². The van der Waals surface area contributed by atoms with E-state index in [2.05, 4.69) is 27.5 Å². The monoisotopic (exact) mass is 336 g/mol. The minimum Gasteiger partial charge on any atom is -0.442 e. The summed E-state index contributed by atoms with van der Waals surface area (Å²) in [6, 6.07) is 7.68. The van der Waals surface area contributed by atoms with Gasteiger partial charge in [-0.05, 0) is 45.7 Å². The third kappa shape index (κ3) is 2.95. The fraction of sp³-hybridized carbons (Fsp3) is 0.316. The SMILES string of the molecule is Cc1ccc(NC(=O)c2c(C)oc3ncnc(NC4(C)CC4)c23)cc1. The second-order valence-corrected chi connectivity index (χ2v) is 6.94. The number of amides is 1. The van der Waals surface area contributed by atoms with E-state index < -0.39 is 0 Å². The summed E-state index contributed by atoms with van der Waals surface area (Å²) in [6.07, 6.45) is 3.63. The van der Waals surface area contributed by atoms with Crippen molar-refractivity contribution in [3.63, 3.8) is 0 Å². The maximum Gasteiger partial charge on any atom is 0.260 e. The van der Waals surface area contributed by atoms with Crippen molar-refractivity contribution in [1.82, 2.24) is 9.97 Å². The van der Waals surface area contributed by atoms with Gasteiger partial charge in [-0.3, -0.25) is 4.79 Å². The predicted molar refractivity (Wildman–Crippen MR) is 96.9 cm³/mol. The molecule has 0 aliphatic heterocycles. The molecule has 1 amide bonds. The molecule has 4 rings (SSSR count). The lowest BCUT2D eigenvalue weighted by molar-refractivity contribution is 0.102. The molecular weight excluding hydrogens is 316 g/mol. The summed E-state index contributed by atoms with van der Waals surface area (Å²) in [6.45, 7) is 5.92. The largest absolute Gasteiger partial charge is 0.442 e. The molecule has 128 valence electrons. The van der Waals surface area contributed by atoms with Crippen LogP contribution in [0.2, 0.25) is 0 Å². The highest BCUT2D eigenvalue weighted by molar-refractivity contribution is 6.15. The first-order chi connectivity index (χ1) is 12.0. The Labute approximate surface area is 145 Å². The minimum absolute atomic E-state index is 0.0389. The zero-order chi connectivity index (χ0) is 17.6. The zero-order valence-corrected chi connectivity index (χ0v) is 14.5.